The molecule has 0 bridgehead atoms. The smallest absolute Gasteiger partial charge is 0.331 e. The molecule has 0 saturated carbocycles. The summed E-state index contributed by atoms with van der Waals surface area (Å²) in [6, 6.07) is 9.62. The second-order valence-corrected chi connectivity index (χ2v) is 11.6. The first-order valence-corrected chi connectivity index (χ1v) is 15.2. The number of piperidine rings is 1. The Morgan fingerprint density at radius 1 is 0.833 bits per heavy atom. The van der Waals surface area contributed by atoms with E-state index in [2.05, 4.69) is 41.1 Å². The Balaban J connectivity index is 1.36. The molecule has 0 radical (unpaired) electrons. The van der Waals surface area contributed by atoms with Gasteiger partial charge in [-0.2, -0.15) is 5.10 Å². The summed E-state index contributed by atoms with van der Waals surface area (Å²) in [5.41, 5.74) is 3.06. The number of rotatable bonds is 8. The Hall–Kier alpha value is -4.21. The zero-order valence-corrected chi connectivity index (χ0v) is 25.0. The Morgan fingerprint density at radius 2 is 1.50 bits per heavy atom. The Bertz CT molecular complexity index is 1970. The maximum atomic E-state index is 13.5. The Kier molecular flexibility index (Phi) is 7.47. The van der Waals surface area contributed by atoms with Crippen LogP contribution in [0.25, 0.3) is 32.7 Å². The standard InChI is InChI=1S/C32H39N7O3/c1-5-7-13-37-27-18-22-20-33-34-29(24(22)19-28(27)38(32(37)42)14-8-6-2)36-15-11-23(12-16-36)39-30(40)25-17-21(3)9-10-26(25)35(4)31(39)41/h9-10,17-20,23H,5-8,11-16H2,1-4H3. The minimum absolute atomic E-state index is 0.0445. The third kappa shape index (κ3) is 4.62. The number of hydrogen-bond donors (Lipinski definition) is 0. The zero-order chi connectivity index (χ0) is 29.5. The van der Waals surface area contributed by atoms with E-state index in [1.807, 2.05) is 34.3 Å². The molecule has 0 aliphatic carbocycles. The van der Waals surface area contributed by atoms with Crippen molar-refractivity contribution in [3.05, 3.63) is 73.4 Å². The molecule has 4 heterocycles. The molecule has 0 unspecified atom stereocenters. The highest BCUT2D eigenvalue weighted by atomic mass is 16.2. The largest absolute Gasteiger partial charge is 0.354 e. The lowest BCUT2D eigenvalue weighted by Crippen LogP contribution is -2.45. The second-order valence-electron chi connectivity index (χ2n) is 11.6. The van der Waals surface area contributed by atoms with Crippen molar-refractivity contribution in [1.82, 2.24) is 28.5 Å². The second kappa shape index (κ2) is 11.2. The molecule has 42 heavy (non-hydrogen) atoms. The molecule has 1 aliphatic rings. The molecule has 0 amide bonds. The molecule has 10 nitrogen and oxygen atoms in total. The first kappa shape index (κ1) is 27.9. The van der Waals surface area contributed by atoms with Crippen molar-refractivity contribution >= 4 is 38.5 Å². The first-order chi connectivity index (χ1) is 20.3. The van der Waals surface area contributed by atoms with Gasteiger partial charge in [0.1, 0.15) is 0 Å². The van der Waals surface area contributed by atoms with Crippen LogP contribution in [0.15, 0.2) is 50.9 Å². The van der Waals surface area contributed by atoms with Crippen LogP contribution >= 0.6 is 0 Å². The molecule has 0 atom stereocenters. The molecule has 3 aromatic heterocycles. The molecular weight excluding hydrogens is 530 g/mol. The number of aryl methyl sites for hydroxylation is 4. The van der Waals surface area contributed by atoms with Crippen LogP contribution in [0.4, 0.5) is 5.82 Å². The van der Waals surface area contributed by atoms with Gasteiger partial charge in [-0.05, 0) is 56.9 Å². The highest BCUT2D eigenvalue weighted by Crippen LogP contribution is 2.32. The van der Waals surface area contributed by atoms with Gasteiger partial charge >= 0.3 is 11.4 Å². The number of aromatic nitrogens is 6. The van der Waals surface area contributed by atoms with Crippen molar-refractivity contribution in [2.75, 3.05) is 18.0 Å². The van der Waals surface area contributed by atoms with Crippen LogP contribution in [0.1, 0.15) is 64.0 Å². The fourth-order valence-electron chi connectivity index (χ4n) is 6.43. The molecular formula is C32H39N7O3. The fourth-order valence-corrected chi connectivity index (χ4v) is 6.43. The van der Waals surface area contributed by atoms with E-state index in [1.165, 1.54) is 4.57 Å². The molecule has 0 N–H and O–H groups in total. The number of nitrogens with zero attached hydrogens (tertiary/aromatic N) is 7. The Morgan fingerprint density at radius 3 is 2.17 bits per heavy atom. The van der Waals surface area contributed by atoms with Crippen LogP contribution in [0.5, 0.6) is 0 Å². The molecule has 10 heteroatoms. The average molecular weight is 570 g/mol. The van der Waals surface area contributed by atoms with E-state index in [0.29, 0.717) is 49.9 Å². The fraction of sp³-hybridized carbons (Fsp3) is 0.469. The van der Waals surface area contributed by atoms with Gasteiger partial charge < -0.3 is 4.90 Å². The maximum Gasteiger partial charge on any atom is 0.331 e. The lowest BCUT2D eigenvalue weighted by Gasteiger charge is -2.33. The van der Waals surface area contributed by atoms with Crippen molar-refractivity contribution < 1.29 is 0 Å². The molecule has 0 spiro atoms. The van der Waals surface area contributed by atoms with Crippen molar-refractivity contribution in [1.29, 1.82) is 0 Å². The van der Waals surface area contributed by atoms with E-state index in [0.717, 1.165) is 58.9 Å². The van der Waals surface area contributed by atoms with Gasteiger partial charge in [0.05, 0.1) is 28.1 Å². The van der Waals surface area contributed by atoms with Crippen LogP contribution < -0.4 is 21.8 Å². The van der Waals surface area contributed by atoms with Gasteiger partial charge in [-0.15, -0.1) is 5.10 Å². The number of anilines is 1. The molecule has 2 aromatic carbocycles. The third-order valence-corrected chi connectivity index (χ3v) is 8.84. The molecule has 5 aromatic rings. The zero-order valence-electron chi connectivity index (χ0n) is 25.0. The highest BCUT2D eigenvalue weighted by molar-refractivity contribution is 6.00. The third-order valence-electron chi connectivity index (χ3n) is 8.84. The van der Waals surface area contributed by atoms with E-state index in [-0.39, 0.29) is 23.0 Å². The minimum atomic E-state index is -0.278. The number of hydrogen-bond acceptors (Lipinski definition) is 6. The molecule has 220 valence electrons. The number of benzene rings is 2. The van der Waals surface area contributed by atoms with Crippen LogP contribution in [-0.2, 0) is 20.1 Å². The summed E-state index contributed by atoms with van der Waals surface area (Å²) in [5.74, 6) is 0.776. The van der Waals surface area contributed by atoms with Gasteiger partial charge in [0, 0.05) is 50.0 Å². The van der Waals surface area contributed by atoms with E-state index < -0.39 is 0 Å². The van der Waals surface area contributed by atoms with Crippen molar-refractivity contribution in [2.45, 2.75) is 78.4 Å². The predicted octanol–water partition coefficient (Wildman–Crippen LogP) is 4.51. The lowest BCUT2D eigenvalue weighted by atomic mass is 10.0. The summed E-state index contributed by atoms with van der Waals surface area (Å²) in [6.07, 6.45) is 6.96. The minimum Gasteiger partial charge on any atom is -0.354 e. The van der Waals surface area contributed by atoms with Crippen LogP contribution in [0, 0.1) is 6.92 Å². The summed E-state index contributed by atoms with van der Waals surface area (Å²) in [5, 5.41) is 11.4. The lowest BCUT2D eigenvalue weighted by molar-refractivity contribution is 0.370. The van der Waals surface area contributed by atoms with Crippen LogP contribution in [0.3, 0.4) is 0 Å². The maximum absolute atomic E-state index is 13.5. The van der Waals surface area contributed by atoms with E-state index in [9.17, 15) is 14.4 Å². The van der Waals surface area contributed by atoms with Gasteiger partial charge in [-0.1, -0.05) is 38.3 Å². The molecule has 1 fully saturated rings. The summed E-state index contributed by atoms with van der Waals surface area (Å²) in [7, 11) is 1.73. The first-order valence-electron chi connectivity index (χ1n) is 15.2. The van der Waals surface area contributed by atoms with Crippen LogP contribution in [-0.4, -0.2) is 41.6 Å². The predicted molar refractivity (Wildman–Crippen MR) is 168 cm³/mol. The quantitative estimate of drug-likeness (QED) is 0.273. The number of unbranched alkanes of at least 4 members (excludes halogenated alkanes) is 2. The van der Waals surface area contributed by atoms with Crippen molar-refractivity contribution in [3.8, 4) is 0 Å². The molecule has 1 saturated heterocycles. The van der Waals surface area contributed by atoms with Gasteiger partial charge in [-0.25, -0.2) is 9.59 Å². The average Bonchev–Trinajstić information content (AvgIpc) is 3.25. The van der Waals surface area contributed by atoms with Crippen LogP contribution in [0.2, 0.25) is 0 Å². The summed E-state index contributed by atoms with van der Waals surface area (Å²) < 4.78 is 6.84. The molecule has 6 rings (SSSR count). The van der Waals surface area contributed by atoms with E-state index >= 15 is 0 Å². The topological polar surface area (TPSA) is 100.0 Å². The normalized spacial score (nSPS) is 14.5. The Labute approximate surface area is 243 Å². The monoisotopic (exact) mass is 569 g/mol. The van der Waals surface area contributed by atoms with Gasteiger partial charge in [0.25, 0.3) is 5.56 Å². The van der Waals surface area contributed by atoms with Gasteiger partial charge in [0.2, 0.25) is 0 Å². The number of fused-ring (bicyclic) bond motifs is 3. The molecule has 1 aliphatic heterocycles. The van der Waals surface area contributed by atoms with Gasteiger partial charge in [0.15, 0.2) is 5.82 Å². The van der Waals surface area contributed by atoms with Gasteiger partial charge in [-0.3, -0.25) is 23.1 Å². The highest BCUT2D eigenvalue weighted by Gasteiger charge is 2.27. The van der Waals surface area contributed by atoms with E-state index in [1.54, 1.807) is 17.8 Å². The van der Waals surface area contributed by atoms with Crippen molar-refractivity contribution in [3.63, 3.8) is 0 Å². The summed E-state index contributed by atoms with van der Waals surface area (Å²) in [4.78, 5) is 42.4. The SMILES string of the molecule is CCCCn1c(=O)n(CCCC)c2cc3c(N4CCC(n5c(=O)c6cc(C)ccc6n(C)c5=O)CC4)nncc3cc21. The van der Waals surface area contributed by atoms with Crippen molar-refractivity contribution in [2.24, 2.45) is 7.05 Å². The summed E-state index contributed by atoms with van der Waals surface area (Å²) in [6.45, 7) is 8.88. The number of imidazole rings is 1. The summed E-state index contributed by atoms with van der Waals surface area (Å²) >= 11 is 0. The van der Waals surface area contributed by atoms with E-state index in [4.69, 9.17) is 0 Å².